The van der Waals surface area contributed by atoms with Crippen LogP contribution in [-0.2, 0) is 9.59 Å². The third kappa shape index (κ3) is 5.92. The van der Waals surface area contributed by atoms with Crippen LogP contribution in [0.25, 0.3) is 0 Å². The molecule has 0 atom stereocenters. The molecule has 0 radical (unpaired) electrons. The first kappa shape index (κ1) is 23.7. The number of ether oxygens (including phenoxy) is 1. The Morgan fingerprint density at radius 2 is 1.51 bits per heavy atom. The van der Waals surface area contributed by atoms with Crippen molar-refractivity contribution in [1.82, 2.24) is 4.90 Å². The van der Waals surface area contributed by atoms with E-state index in [1.54, 1.807) is 54.6 Å². The molecule has 0 fully saturated rings. The number of amides is 4. The summed E-state index contributed by atoms with van der Waals surface area (Å²) < 4.78 is 5.53. The van der Waals surface area contributed by atoms with Crippen molar-refractivity contribution in [2.75, 3.05) is 23.8 Å². The van der Waals surface area contributed by atoms with Gasteiger partial charge < -0.3 is 15.4 Å². The molecule has 0 spiro atoms. The number of hydrogen-bond donors (Lipinski definition) is 2. The molecule has 0 saturated heterocycles. The molecule has 2 N–H and O–H groups in total. The molecule has 1 aliphatic heterocycles. The minimum atomic E-state index is -0.327. The highest BCUT2D eigenvalue weighted by atomic mass is 16.5. The number of carbonyl (C=O) groups excluding carboxylic acids is 4. The molecule has 8 nitrogen and oxygen atoms in total. The van der Waals surface area contributed by atoms with Crippen LogP contribution in [0.2, 0.25) is 0 Å². The van der Waals surface area contributed by atoms with E-state index in [0.29, 0.717) is 34.7 Å². The Bertz CT molecular complexity index is 1270. The van der Waals surface area contributed by atoms with Gasteiger partial charge in [0.25, 0.3) is 17.7 Å². The number of nitrogens with zero attached hydrogens (tertiary/aromatic N) is 1. The van der Waals surface area contributed by atoms with E-state index in [2.05, 4.69) is 10.6 Å². The Hall–Kier alpha value is -4.46. The summed E-state index contributed by atoms with van der Waals surface area (Å²) in [6.45, 7) is 1.86. The fourth-order valence-corrected chi connectivity index (χ4v) is 3.76. The van der Waals surface area contributed by atoms with Crippen LogP contribution in [0, 0.1) is 6.92 Å². The number of fused-ring (bicyclic) bond motifs is 1. The first-order valence-electron chi connectivity index (χ1n) is 11.2. The standard InChI is InChI=1S/C27H25N3O5/c1-18-12-13-22-23(15-18)27(34)30(26(22)33)14-6-11-24(31)29-20-9-5-10-21(16-20)35-17-25(32)28-19-7-3-2-4-8-19/h2-5,7-10,12-13,15-16H,6,11,14,17H2,1H3,(H,28,32)(H,29,31). The zero-order valence-electron chi connectivity index (χ0n) is 19.2. The maximum atomic E-state index is 12.5. The largest absolute Gasteiger partial charge is 0.484 e. The lowest BCUT2D eigenvalue weighted by atomic mass is 10.1. The van der Waals surface area contributed by atoms with E-state index in [-0.39, 0.29) is 43.2 Å². The molecule has 8 heteroatoms. The molecule has 4 amide bonds. The zero-order valence-corrected chi connectivity index (χ0v) is 19.2. The highest BCUT2D eigenvalue weighted by molar-refractivity contribution is 6.21. The van der Waals surface area contributed by atoms with Gasteiger partial charge in [-0.3, -0.25) is 24.1 Å². The van der Waals surface area contributed by atoms with E-state index < -0.39 is 0 Å². The number of aryl methyl sites for hydroxylation is 1. The minimum Gasteiger partial charge on any atom is -0.484 e. The third-order valence-electron chi connectivity index (χ3n) is 5.46. The molecule has 0 saturated carbocycles. The van der Waals surface area contributed by atoms with Crippen molar-refractivity contribution < 1.29 is 23.9 Å². The monoisotopic (exact) mass is 471 g/mol. The quantitative estimate of drug-likeness (QED) is 0.459. The van der Waals surface area contributed by atoms with Gasteiger partial charge in [-0.15, -0.1) is 0 Å². The van der Waals surface area contributed by atoms with Gasteiger partial charge in [-0.2, -0.15) is 0 Å². The van der Waals surface area contributed by atoms with Gasteiger partial charge in [0, 0.05) is 30.4 Å². The smallest absolute Gasteiger partial charge is 0.262 e. The number of rotatable bonds is 9. The number of imide groups is 1. The predicted octanol–water partition coefficient (Wildman–Crippen LogP) is 4.03. The molecule has 3 aromatic carbocycles. The van der Waals surface area contributed by atoms with Crippen molar-refractivity contribution in [3.63, 3.8) is 0 Å². The average Bonchev–Trinajstić information content (AvgIpc) is 3.08. The lowest BCUT2D eigenvalue weighted by molar-refractivity contribution is -0.118. The van der Waals surface area contributed by atoms with E-state index >= 15 is 0 Å². The number of para-hydroxylation sites is 1. The van der Waals surface area contributed by atoms with Gasteiger partial charge in [0.15, 0.2) is 6.61 Å². The van der Waals surface area contributed by atoms with Crippen LogP contribution in [0.5, 0.6) is 5.75 Å². The summed E-state index contributed by atoms with van der Waals surface area (Å²) in [6.07, 6.45) is 0.475. The van der Waals surface area contributed by atoms with Gasteiger partial charge in [-0.1, -0.05) is 35.9 Å². The molecule has 0 bridgehead atoms. The molecule has 3 aromatic rings. The van der Waals surface area contributed by atoms with Crippen LogP contribution in [0.3, 0.4) is 0 Å². The summed E-state index contributed by atoms with van der Waals surface area (Å²) in [5, 5.41) is 5.51. The highest BCUT2D eigenvalue weighted by Gasteiger charge is 2.34. The van der Waals surface area contributed by atoms with Crippen LogP contribution >= 0.6 is 0 Å². The Kier molecular flexibility index (Phi) is 7.21. The SMILES string of the molecule is Cc1ccc2c(c1)C(=O)N(CCCC(=O)Nc1cccc(OCC(=O)Nc3ccccc3)c1)C2=O. The van der Waals surface area contributed by atoms with E-state index in [1.807, 2.05) is 25.1 Å². The van der Waals surface area contributed by atoms with Gasteiger partial charge in [0.05, 0.1) is 11.1 Å². The van der Waals surface area contributed by atoms with Crippen LogP contribution in [0.4, 0.5) is 11.4 Å². The Morgan fingerprint density at radius 3 is 2.31 bits per heavy atom. The molecule has 0 aromatic heterocycles. The molecule has 1 heterocycles. The van der Waals surface area contributed by atoms with Crippen LogP contribution in [0.1, 0.15) is 39.1 Å². The summed E-state index contributed by atoms with van der Waals surface area (Å²) in [7, 11) is 0. The Morgan fingerprint density at radius 1 is 0.800 bits per heavy atom. The third-order valence-corrected chi connectivity index (χ3v) is 5.46. The van der Waals surface area contributed by atoms with Gasteiger partial charge in [-0.05, 0) is 49.7 Å². The molecule has 35 heavy (non-hydrogen) atoms. The fourth-order valence-electron chi connectivity index (χ4n) is 3.76. The lowest BCUT2D eigenvalue weighted by Crippen LogP contribution is -2.31. The van der Waals surface area contributed by atoms with Crippen LogP contribution in [-0.4, -0.2) is 41.7 Å². The normalized spacial score (nSPS) is 12.3. The summed E-state index contributed by atoms with van der Waals surface area (Å²) in [5.41, 5.74) is 2.92. The van der Waals surface area contributed by atoms with Gasteiger partial charge in [-0.25, -0.2) is 0 Å². The van der Waals surface area contributed by atoms with E-state index in [1.165, 1.54) is 4.90 Å². The van der Waals surface area contributed by atoms with Crippen molar-refractivity contribution in [3.05, 3.63) is 89.5 Å². The molecular weight excluding hydrogens is 446 g/mol. The fraction of sp³-hybridized carbons (Fsp3) is 0.185. The summed E-state index contributed by atoms with van der Waals surface area (Å²) in [4.78, 5) is 50.7. The number of carbonyl (C=O) groups is 4. The summed E-state index contributed by atoms with van der Waals surface area (Å²) >= 11 is 0. The van der Waals surface area contributed by atoms with Gasteiger partial charge in [0.1, 0.15) is 5.75 Å². The predicted molar refractivity (Wildman–Crippen MR) is 131 cm³/mol. The summed E-state index contributed by atoms with van der Waals surface area (Å²) in [5.74, 6) is -0.764. The van der Waals surface area contributed by atoms with E-state index in [0.717, 1.165) is 5.56 Å². The van der Waals surface area contributed by atoms with E-state index in [4.69, 9.17) is 4.74 Å². The number of nitrogens with one attached hydrogen (secondary N) is 2. The average molecular weight is 472 g/mol. The second-order valence-electron chi connectivity index (χ2n) is 8.19. The molecule has 0 aliphatic carbocycles. The highest BCUT2D eigenvalue weighted by Crippen LogP contribution is 2.24. The van der Waals surface area contributed by atoms with Crippen molar-refractivity contribution in [2.45, 2.75) is 19.8 Å². The number of anilines is 2. The van der Waals surface area contributed by atoms with Crippen molar-refractivity contribution >= 4 is 35.0 Å². The van der Waals surface area contributed by atoms with Crippen LogP contribution < -0.4 is 15.4 Å². The molecule has 1 aliphatic rings. The maximum absolute atomic E-state index is 12.5. The van der Waals surface area contributed by atoms with Crippen molar-refractivity contribution in [3.8, 4) is 5.75 Å². The molecule has 0 unspecified atom stereocenters. The molecular formula is C27H25N3O5. The lowest BCUT2D eigenvalue weighted by Gasteiger charge is -2.13. The van der Waals surface area contributed by atoms with Gasteiger partial charge in [0.2, 0.25) is 5.91 Å². The topological polar surface area (TPSA) is 105 Å². The maximum Gasteiger partial charge on any atom is 0.262 e. The zero-order chi connectivity index (χ0) is 24.8. The second kappa shape index (κ2) is 10.6. The second-order valence-corrected chi connectivity index (χ2v) is 8.19. The van der Waals surface area contributed by atoms with Gasteiger partial charge >= 0.3 is 0 Å². The van der Waals surface area contributed by atoms with Crippen molar-refractivity contribution in [1.29, 1.82) is 0 Å². The summed E-state index contributed by atoms with van der Waals surface area (Å²) in [6, 6.07) is 21.0. The Labute approximate surface area is 202 Å². The van der Waals surface area contributed by atoms with Crippen LogP contribution in [0.15, 0.2) is 72.8 Å². The first-order valence-corrected chi connectivity index (χ1v) is 11.2. The Balaban J connectivity index is 1.23. The molecule has 178 valence electrons. The van der Waals surface area contributed by atoms with E-state index in [9.17, 15) is 19.2 Å². The minimum absolute atomic E-state index is 0.136. The molecule has 4 rings (SSSR count). The van der Waals surface area contributed by atoms with Crippen molar-refractivity contribution in [2.24, 2.45) is 0 Å². The first-order chi connectivity index (χ1) is 16.9. The number of hydrogen-bond acceptors (Lipinski definition) is 5. The number of benzene rings is 3.